The van der Waals surface area contributed by atoms with Crippen LogP contribution in [0.3, 0.4) is 0 Å². The minimum atomic E-state index is 0.414. The molecule has 1 aromatic heterocycles. The Bertz CT molecular complexity index is 687. The van der Waals surface area contributed by atoms with Crippen LogP contribution < -0.4 is 5.32 Å². The lowest BCUT2D eigenvalue weighted by Crippen LogP contribution is -2.20. The number of fused-ring (bicyclic) bond motifs is 1. The quantitative estimate of drug-likeness (QED) is 0.617. The van der Waals surface area contributed by atoms with Gasteiger partial charge in [-0.2, -0.15) is 0 Å². The van der Waals surface area contributed by atoms with Crippen LogP contribution in [-0.2, 0) is 6.42 Å². The molecule has 0 spiro atoms. The first-order valence-electron chi connectivity index (χ1n) is 7.58. The largest absolute Gasteiger partial charge is 0.310 e. The molecule has 0 amide bonds. The molecule has 1 unspecified atom stereocenters. The van der Waals surface area contributed by atoms with E-state index in [4.69, 9.17) is 0 Å². The van der Waals surface area contributed by atoms with Crippen LogP contribution in [0.15, 0.2) is 60.0 Å². The average molecular weight is 295 g/mol. The predicted octanol–water partition coefficient (Wildman–Crippen LogP) is 5.18. The Morgan fingerprint density at radius 2 is 1.76 bits per heavy atom. The fraction of sp³-hybridized carbons (Fsp3) is 0.263. The lowest BCUT2D eigenvalue weighted by atomic mass is 10.1. The molecule has 2 aromatic carbocycles. The summed E-state index contributed by atoms with van der Waals surface area (Å²) in [4.78, 5) is 0. The monoisotopic (exact) mass is 295 g/mol. The summed E-state index contributed by atoms with van der Waals surface area (Å²) in [6.07, 6.45) is 2.32. The molecule has 3 aromatic rings. The summed E-state index contributed by atoms with van der Waals surface area (Å²) in [5.74, 6) is 0. The van der Waals surface area contributed by atoms with Crippen molar-refractivity contribution in [1.82, 2.24) is 5.32 Å². The van der Waals surface area contributed by atoms with Crippen molar-refractivity contribution in [2.24, 2.45) is 0 Å². The van der Waals surface area contributed by atoms with Gasteiger partial charge in [-0.05, 0) is 54.3 Å². The molecule has 0 bridgehead atoms. The summed E-state index contributed by atoms with van der Waals surface area (Å²) in [6.45, 7) is 3.32. The van der Waals surface area contributed by atoms with Crippen LogP contribution in [0.4, 0.5) is 0 Å². The van der Waals surface area contributed by atoms with Crippen LogP contribution in [0.1, 0.15) is 30.5 Å². The molecule has 3 rings (SSSR count). The van der Waals surface area contributed by atoms with Crippen molar-refractivity contribution >= 4 is 21.4 Å². The van der Waals surface area contributed by atoms with E-state index in [0.29, 0.717) is 6.04 Å². The van der Waals surface area contributed by atoms with Crippen LogP contribution in [-0.4, -0.2) is 6.54 Å². The Morgan fingerprint density at radius 1 is 1.00 bits per heavy atom. The van der Waals surface area contributed by atoms with Crippen molar-refractivity contribution < 1.29 is 0 Å². The number of benzene rings is 2. The summed E-state index contributed by atoms with van der Waals surface area (Å²) in [6, 6.07) is 19.8. The fourth-order valence-corrected chi connectivity index (χ4v) is 3.75. The first-order chi connectivity index (χ1) is 10.3. The van der Waals surface area contributed by atoms with Crippen LogP contribution in [0.5, 0.6) is 0 Å². The van der Waals surface area contributed by atoms with Gasteiger partial charge in [0, 0.05) is 10.7 Å². The van der Waals surface area contributed by atoms with Crippen molar-refractivity contribution in [1.29, 1.82) is 0 Å². The minimum Gasteiger partial charge on any atom is -0.310 e. The molecule has 0 radical (unpaired) electrons. The second-order valence-electron chi connectivity index (χ2n) is 5.45. The number of hydrogen-bond acceptors (Lipinski definition) is 2. The van der Waals surface area contributed by atoms with Crippen LogP contribution in [0.25, 0.3) is 10.1 Å². The van der Waals surface area contributed by atoms with Crippen molar-refractivity contribution in [2.75, 3.05) is 6.54 Å². The van der Waals surface area contributed by atoms with Gasteiger partial charge in [0.05, 0.1) is 0 Å². The molecule has 108 valence electrons. The van der Waals surface area contributed by atoms with E-state index in [0.717, 1.165) is 13.0 Å². The van der Waals surface area contributed by atoms with E-state index >= 15 is 0 Å². The zero-order chi connectivity index (χ0) is 14.5. The third-order valence-corrected chi connectivity index (χ3v) is 4.89. The van der Waals surface area contributed by atoms with Gasteiger partial charge in [0.2, 0.25) is 0 Å². The van der Waals surface area contributed by atoms with Gasteiger partial charge in [0.1, 0.15) is 0 Å². The maximum Gasteiger partial charge on any atom is 0.0346 e. The van der Waals surface area contributed by atoms with Crippen molar-refractivity contribution in [3.63, 3.8) is 0 Å². The van der Waals surface area contributed by atoms with E-state index < -0.39 is 0 Å². The maximum atomic E-state index is 3.65. The number of hydrogen-bond donors (Lipinski definition) is 1. The van der Waals surface area contributed by atoms with E-state index in [1.54, 1.807) is 0 Å². The topological polar surface area (TPSA) is 12.0 Å². The lowest BCUT2D eigenvalue weighted by molar-refractivity contribution is 0.562. The SMILES string of the molecule is CC(NCCCc1ccccc1)c1csc2ccccc12. The van der Waals surface area contributed by atoms with Crippen molar-refractivity contribution in [3.8, 4) is 0 Å². The molecule has 0 aliphatic rings. The maximum absolute atomic E-state index is 3.65. The predicted molar refractivity (Wildman–Crippen MR) is 93.0 cm³/mol. The van der Waals surface area contributed by atoms with Crippen LogP contribution in [0, 0.1) is 0 Å². The summed E-state index contributed by atoms with van der Waals surface area (Å²) >= 11 is 1.84. The average Bonchev–Trinajstić information content (AvgIpc) is 2.96. The number of nitrogens with one attached hydrogen (secondary N) is 1. The van der Waals surface area contributed by atoms with Crippen molar-refractivity contribution in [3.05, 3.63) is 71.1 Å². The van der Waals surface area contributed by atoms with Gasteiger partial charge in [0.15, 0.2) is 0 Å². The Hall–Kier alpha value is -1.64. The van der Waals surface area contributed by atoms with Crippen LogP contribution >= 0.6 is 11.3 Å². The summed E-state index contributed by atoms with van der Waals surface area (Å²) in [7, 11) is 0. The highest BCUT2D eigenvalue weighted by Crippen LogP contribution is 2.29. The molecule has 1 heterocycles. The Balaban J connectivity index is 1.53. The first kappa shape index (κ1) is 14.3. The molecular weight excluding hydrogens is 274 g/mol. The van der Waals surface area contributed by atoms with E-state index in [2.05, 4.69) is 72.2 Å². The van der Waals surface area contributed by atoms with E-state index in [-0.39, 0.29) is 0 Å². The Kier molecular flexibility index (Phi) is 4.69. The molecule has 0 fully saturated rings. The highest BCUT2D eigenvalue weighted by molar-refractivity contribution is 7.17. The molecule has 0 saturated heterocycles. The first-order valence-corrected chi connectivity index (χ1v) is 8.46. The summed E-state index contributed by atoms with van der Waals surface area (Å²) in [5.41, 5.74) is 2.85. The summed E-state index contributed by atoms with van der Waals surface area (Å²) < 4.78 is 1.38. The molecule has 0 saturated carbocycles. The normalized spacial score (nSPS) is 12.6. The van der Waals surface area contributed by atoms with Gasteiger partial charge in [-0.15, -0.1) is 11.3 Å². The molecular formula is C19H21NS. The highest BCUT2D eigenvalue weighted by atomic mass is 32.1. The lowest BCUT2D eigenvalue weighted by Gasteiger charge is -2.13. The zero-order valence-electron chi connectivity index (χ0n) is 12.4. The fourth-order valence-electron chi connectivity index (χ4n) is 2.70. The van der Waals surface area contributed by atoms with Crippen molar-refractivity contribution in [2.45, 2.75) is 25.8 Å². The molecule has 2 heteroatoms. The van der Waals surface area contributed by atoms with Gasteiger partial charge < -0.3 is 5.32 Å². The highest BCUT2D eigenvalue weighted by Gasteiger charge is 2.10. The third-order valence-electron chi connectivity index (χ3n) is 3.91. The Morgan fingerprint density at radius 3 is 2.62 bits per heavy atom. The second kappa shape index (κ2) is 6.88. The standard InChI is InChI=1S/C19H21NS/c1-15(18-14-21-19-12-6-5-11-17(18)19)20-13-7-10-16-8-3-2-4-9-16/h2-6,8-9,11-12,14-15,20H,7,10,13H2,1H3. The molecule has 1 atom stereocenters. The van der Waals surface area contributed by atoms with Gasteiger partial charge in [0.25, 0.3) is 0 Å². The molecule has 1 nitrogen and oxygen atoms in total. The zero-order valence-corrected chi connectivity index (χ0v) is 13.2. The van der Waals surface area contributed by atoms with E-state index in [1.807, 2.05) is 11.3 Å². The van der Waals surface area contributed by atoms with Gasteiger partial charge in [-0.25, -0.2) is 0 Å². The smallest absolute Gasteiger partial charge is 0.0346 e. The Labute approximate surface area is 130 Å². The summed E-state index contributed by atoms with van der Waals surface area (Å²) in [5, 5.41) is 7.34. The second-order valence-corrected chi connectivity index (χ2v) is 6.36. The third kappa shape index (κ3) is 3.52. The van der Waals surface area contributed by atoms with Gasteiger partial charge in [-0.3, -0.25) is 0 Å². The number of rotatable bonds is 6. The minimum absolute atomic E-state index is 0.414. The molecule has 1 N–H and O–H groups in total. The van der Waals surface area contributed by atoms with Crippen LogP contribution in [0.2, 0.25) is 0 Å². The molecule has 0 aliphatic heterocycles. The van der Waals surface area contributed by atoms with E-state index in [1.165, 1.54) is 27.6 Å². The number of thiophene rings is 1. The van der Waals surface area contributed by atoms with Gasteiger partial charge in [-0.1, -0.05) is 48.5 Å². The van der Waals surface area contributed by atoms with Gasteiger partial charge >= 0.3 is 0 Å². The van der Waals surface area contributed by atoms with E-state index in [9.17, 15) is 0 Å². The molecule has 0 aliphatic carbocycles. The molecule has 21 heavy (non-hydrogen) atoms. The number of aryl methyl sites for hydroxylation is 1.